The minimum atomic E-state index is -0.303. The Hall–Kier alpha value is -0.750. The third-order valence-electron chi connectivity index (χ3n) is 2.45. The smallest absolute Gasteiger partial charge is 0.161 e. The van der Waals surface area contributed by atoms with Crippen LogP contribution in [0.4, 0.5) is 4.39 Å². The van der Waals surface area contributed by atoms with Gasteiger partial charge >= 0.3 is 0 Å². The zero-order chi connectivity index (χ0) is 13.1. The minimum absolute atomic E-state index is 0.303. The predicted molar refractivity (Wildman–Crippen MR) is 79.1 cm³/mol. The first-order valence-electron chi connectivity index (χ1n) is 5.59. The van der Waals surface area contributed by atoms with Gasteiger partial charge in [-0.05, 0) is 41.1 Å². The Balaban J connectivity index is 2.51. The largest absolute Gasteiger partial charge is 0.232 e. The lowest BCUT2D eigenvalue weighted by Crippen LogP contribution is -2.00. The molecule has 0 spiro atoms. The lowest BCUT2D eigenvalue weighted by molar-refractivity contribution is 0.628. The number of aryl methyl sites for hydroxylation is 1. The van der Waals surface area contributed by atoms with Gasteiger partial charge in [0.05, 0.1) is 9.26 Å². The first kappa shape index (κ1) is 13.7. The molecule has 2 rings (SSSR count). The van der Waals surface area contributed by atoms with Gasteiger partial charge in [0.1, 0.15) is 11.0 Å². The van der Waals surface area contributed by atoms with Crippen molar-refractivity contribution in [3.05, 3.63) is 44.5 Å². The highest BCUT2D eigenvalue weighted by molar-refractivity contribution is 14.1. The van der Waals surface area contributed by atoms with E-state index in [9.17, 15) is 4.39 Å². The first-order chi connectivity index (χ1) is 8.61. The summed E-state index contributed by atoms with van der Waals surface area (Å²) in [6.07, 6.45) is 1.81. The second-order valence-corrected chi connectivity index (χ2v) is 5.30. The number of halogens is 3. The van der Waals surface area contributed by atoms with Gasteiger partial charge in [0.15, 0.2) is 5.82 Å². The van der Waals surface area contributed by atoms with E-state index in [4.69, 9.17) is 11.6 Å². The average molecular weight is 377 g/mol. The van der Waals surface area contributed by atoms with Crippen LogP contribution in [-0.2, 0) is 6.42 Å². The van der Waals surface area contributed by atoms with E-state index < -0.39 is 0 Å². The Morgan fingerprint density at radius 3 is 2.78 bits per heavy atom. The fourth-order valence-electron chi connectivity index (χ4n) is 1.62. The van der Waals surface area contributed by atoms with Crippen molar-refractivity contribution in [3.8, 4) is 11.4 Å². The van der Waals surface area contributed by atoms with E-state index in [1.807, 2.05) is 0 Å². The van der Waals surface area contributed by atoms with Gasteiger partial charge < -0.3 is 0 Å². The molecule has 1 aromatic heterocycles. The molecule has 1 aromatic carbocycles. The minimum Gasteiger partial charge on any atom is -0.232 e. The van der Waals surface area contributed by atoms with Gasteiger partial charge in [-0.25, -0.2) is 14.4 Å². The van der Waals surface area contributed by atoms with Crippen molar-refractivity contribution in [1.29, 1.82) is 0 Å². The molecule has 0 atom stereocenters. The number of aromatic nitrogens is 2. The standard InChI is InChI=1S/C13H11ClFIN2/c1-2-4-10-11(16)12(14)18-13(17-10)8-5-3-6-9(15)7-8/h3,5-7H,2,4H2,1H3. The maximum Gasteiger partial charge on any atom is 0.161 e. The third kappa shape index (κ3) is 2.98. The van der Waals surface area contributed by atoms with E-state index in [1.54, 1.807) is 12.1 Å². The molecule has 5 heteroatoms. The highest BCUT2D eigenvalue weighted by Gasteiger charge is 2.11. The summed E-state index contributed by atoms with van der Waals surface area (Å²) in [5.74, 6) is 0.172. The summed E-state index contributed by atoms with van der Waals surface area (Å²) in [7, 11) is 0. The van der Waals surface area contributed by atoms with Crippen LogP contribution in [0.25, 0.3) is 11.4 Å². The molecule has 1 heterocycles. The molecule has 94 valence electrons. The molecule has 0 saturated heterocycles. The van der Waals surface area contributed by atoms with Crippen molar-refractivity contribution in [2.75, 3.05) is 0 Å². The van der Waals surface area contributed by atoms with Crippen LogP contribution in [0.15, 0.2) is 24.3 Å². The molecule has 0 saturated carbocycles. The molecule has 0 bridgehead atoms. The van der Waals surface area contributed by atoms with Gasteiger partial charge in [-0.15, -0.1) is 0 Å². The van der Waals surface area contributed by atoms with Gasteiger partial charge in [0.25, 0.3) is 0 Å². The second kappa shape index (κ2) is 5.93. The summed E-state index contributed by atoms with van der Waals surface area (Å²) in [5.41, 5.74) is 1.56. The monoisotopic (exact) mass is 376 g/mol. The fourth-order valence-corrected chi connectivity index (χ4v) is 2.32. The number of hydrogen-bond acceptors (Lipinski definition) is 2. The Kier molecular flexibility index (Phi) is 4.50. The molecule has 2 aromatic rings. The summed E-state index contributed by atoms with van der Waals surface area (Å²) in [4.78, 5) is 8.67. The van der Waals surface area contributed by atoms with Crippen LogP contribution >= 0.6 is 34.2 Å². The van der Waals surface area contributed by atoms with E-state index in [0.717, 1.165) is 22.1 Å². The second-order valence-electron chi connectivity index (χ2n) is 3.86. The molecule has 0 aliphatic rings. The van der Waals surface area contributed by atoms with Crippen molar-refractivity contribution in [3.63, 3.8) is 0 Å². The van der Waals surface area contributed by atoms with Gasteiger partial charge in [-0.3, -0.25) is 0 Å². The van der Waals surface area contributed by atoms with Crippen LogP contribution in [0.5, 0.6) is 0 Å². The zero-order valence-electron chi connectivity index (χ0n) is 9.75. The summed E-state index contributed by atoms with van der Waals surface area (Å²) < 4.78 is 14.1. The van der Waals surface area contributed by atoms with Crippen molar-refractivity contribution in [2.24, 2.45) is 0 Å². The van der Waals surface area contributed by atoms with Crippen molar-refractivity contribution in [1.82, 2.24) is 9.97 Å². The molecular weight excluding hydrogens is 366 g/mol. The molecule has 2 nitrogen and oxygen atoms in total. The Morgan fingerprint density at radius 2 is 2.11 bits per heavy atom. The number of nitrogens with zero attached hydrogens (tertiary/aromatic N) is 2. The van der Waals surface area contributed by atoms with Crippen LogP contribution in [0.1, 0.15) is 19.0 Å². The number of hydrogen-bond donors (Lipinski definition) is 0. The maximum atomic E-state index is 13.2. The van der Waals surface area contributed by atoms with Gasteiger partial charge in [-0.1, -0.05) is 37.1 Å². The molecule has 0 fully saturated rings. The lowest BCUT2D eigenvalue weighted by Gasteiger charge is -2.07. The quantitative estimate of drug-likeness (QED) is 0.582. The highest BCUT2D eigenvalue weighted by Crippen LogP contribution is 2.25. The van der Waals surface area contributed by atoms with Crippen molar-refractivity contribution < 1.29 is 4.39 Å². The topological polar surface area (TPSA) is 25.8 Å². The number of rotatable bonds is 3. The van der Waals surface area contributed by atoms with E-state index in [1.165, 1.54) is 12.1 Å². The lowest BCUT2D eigenvalue weighted by atomic mass is 10.2. The zero-order valence-corrected chi connectivity index (χ0v) is 12.7. The van der Waals surface area contributed by atoms with Crippen molar-refractivity contribution in [2.45, 2.75) is 19.8 Å². The normalized spacial score (nSPS) is 10.7. The Labute approximate surface area is 124 Å². The van der Waals surface area contributed by atoms with Gasteiger partial charge in [0, 0.05) is 5.56 Å². The average Bonchev–Trinajstić information content (AvgIpc) is 2.35. The molecule has 0 N–H and O–H groups in total. The molecular formula is C13H11ClFIN2. The SMILES string of the molecule is CCCc1nc(-c2cccc(F)c2)nc(Cl)c1I. The number of benzene rings is 1. The Morgan fingerprint density at radius 1 is 1.33 bits per heavy atom. The molecule has 0 aliphatic heterocycles. The van der Waals surface area contributed by atoms with Gasteiger partial charge in [-0.2, -0.15) is 0 Å². The third-order valence-corrected chi connectivity index (χ3v) is 4.17. The Bertz CT molecular complexity index is 575. The summed E-state index contributed by atoms with van der Waals surface area (Å²) in [6.45, 7) is 2.08. The molecule has 0 amide bonds. The molecule has 0 radical (unpaired) electrons. The van der Waals surface area contributed by atoms with Crippen molar-refractivity contribution >= 4 is 34.2 Å². The first-order valence-corrected chi connectivity index (χ1v) is 7.05. The summed E-state index contributed by atoms with van der Waals surface area (Å²) >= 11 is 8.23. The fraction of sp³-hybridized carbons (Fsp3) is 0.231. The predicted octanol–water partition coefficient (Wildman–Crippen LogP) is 4.49. The van der Waals surface area contributed by atoms with Crippen LogP contribution in [0.3, 0.4) is 0 Å². The van der Waals surface area contributed by atoms with E-state index in [-0.39, 0.29) is 5.82 Å². The maximum absolute atomic E-state index is 13.2. The summed E-state index contributed by atoms with van der Waals surface area (Å²) in [5, 5.41) is 0.424. The van der Waals surface area contributed by atoms with Gasteiger partial charge in [0.2, 0.25) is 0 Å². The molecule has 0 unspecified atom stereocenters. The molecule has 18 heavy (non-hydrogen) atoms. The van der Waals surface area contributed by atoms with E-state index in [0.29, 0.717) is 16.5 Å². The highest BCUT2D eigenvalue weighted by atomic mass is 127. The van der Waals surface area contributed by atoms with Crippen LogP contribution in [0.2, 0.25) is 5.15 Å². The van der Waals surface area contributed by atoms with Crippen LogP contribution in [-0.4, -0.2) is 9.97 Å². The van der Waals surface area contributed by atoms with E-state index in [2.05, 4.69) is 39.5 Å². The van der Waals surface area contributed by atoms with Crippen LogP contribution < -0.4 is 0 Å². The van der Waals surface area contributed by atoms with E-state index >= 15 is 0 Å². The van der Waals surface area contributed by atoms with Crippen LogP contribution in [0, 0.1) is 9.39 Å². The summed E-state index contributed by atoms with van der Waals surface area (Å²) in [6, 6.07) is 6.22. The molecule has 0 aliphatic carbocycles.